The van der Waals surface area contributed by atoms with Gasteiger partial charge in [-0.15, -0.1) is 11.3 Å². The van der Waals surface area contributed by atoms with E-state index in [9.17, 15) is 0 Å². The van der Waals surface area contributed by atoms with Gasteiger partial charge in [-0.05, 0) is 99.1 Å². The van der Waals surface area contributed by atoms with Gasteiger partial charge in [-0.2, -0.15) is 0 Å². The van der Waals surface area contributed by atoms with Crippen LogP contribution in [0.5, 0.6) is 0 Å². The molecule has 10 rings (SSSR count). The quantitative estimate of drug-likeness (QED) is 0.171. The van der Waals surface area contributed by atoms with Gasteiger partial charge < -0.3 is 4.90 Å². The van der Waals surface area contributed by atoms with Gasteiger partial charge in [0.15, 0.2) is 0 Å². The highest BCUT2D eigenvalue weighted by Crippen LogP contribution is 2.56. The minimum atomic E-state index is -0.425. The van der Waals surface area contributed by atoms with Crippen LogP contribution in [0.25, 0.3) is 42.4 Å². The number of para-hydroxylation sites is 2. The Balaban J connectivity index is 1.16. The maximum Gasteiger partial charge on any atom is 0.0713 e. The fourth-order valence-corrected chi connectivity index (χ4v) is 9.52. The second kappa shape index (κ2) is 12.0. The van der Waals surface area contributed by atoms with Crippen molar-refractivity contribution in [2.24, 2.45) is 0 Å². The monoisotopic (exact) mass is 667 g/mol. The molecule has 0 N–H and O–H groups in total. The van der Waals surface area contributed by atoms with Crippen molar-refractivity contribution in [2.45, 2.75) is 5.41 Å². The Morgan fingerprint density at radius 3 is 1.53 bits per heavy atom. The fraction of sp³-hybridized carbons (Fsp3) is 0.0204. The molecule has 8 aromatic carbocycles. The van der Waals surface area contributed by atoms with E-state index in [0.29, 0.717) is 0 Å². The van der Waals surface area contributed by atoms with Crippen molar-refractivity contribution in [1.82, 2.24) is 0 Å². The summed E-state index contributed by atoms with van der Waals surface area (Å²) in [5, 5.41) is 2.62. The number of hydrogen-bond donors (Lipinski definition) is 0. The first-order valence-corrected chi connectivity index (χ1v) is 18.3. The fourth-order valence-electron chi connectivity index (χ4n) is 8.40. The second-order valence-corrected chi connectivity index (χ2v) is 14.3. The topological polar surface area (TPSA) is 3.24 Å². The van der Waals surface area contributed by atoms with Crippen molar-refractivity contribution in [3.05, 3.63) is 222 Å². The first-order valence-electron chi connectivity index (χ1n) is 17.5. The zero-order valence-electron chi connectivity index (χ0n) is 27.9. The lowest BCUT2D eigenvalue weighted by Gasteiger charge is -2.34. The van der Waals surface area contributed by atoms with E-state index >= 15 is 0 Å². The molecule has 0 amide bonds. The third-order valence-corrected chi connectivity index (χ3v) is 11.7. The van der Waals surface area contributed by atoms with Crippen LogP contribution in [-0.4, -0.2) is 0 Å². The molecule has 0 bridgehead atoms. The molecule has 1 nitrogen and oxygen atoms in total. The Kier molecular flexibility index (Phi) is 6.97. The Labute approximate surface area is 302 Å². The van der Waals surface area contributed by atoms with Crippen LogP contribution >= 0.6 is 11.3 Å². The number of benzene rings is 8. The summed E-state index contributed by atoms with van der Waals surface area (Å²) in [6.45, 7) is 0. The molecule has 0 aliphatic heterocycles. The zero-order valence-corrected chi connectivity index (χ0v) is 28.7. The molecule has 0 atom stereocenters. The summed E-state index contributed by atoms with van der Waals surface area (Å²) in [7, 11) is 0. The van der Waals surface area contributed by atoms with Gasteiger partial charge in [-0.1, -0.05) is 146 Å². The van der Waals surface area contributed by atoms with E-state index in [1.165, 1.54) is 64.7 Å². The van der Waals surface area contributed by atoms with E-state index in [1.54, 1.807) is 0 Å². The van der Waals surface area contributed by atoms with E-state index in [4.69, 9.17) is 0 Å². The van der Waals surface area contributed by atoms with Crippen LogP contribution < -0.4 is 4.90 Å². The lowest BCUT2D eigenvalue weighted by Crippen LogP contribution is -2.28. The summed E-state index contributed by atoms with van der Waals surface area (Å²) in [6, 6.07) is 73.3. The molecular formula is C49H33NS. The minimum Gasteiger partial charge on any atom is -0.311 e. The molecule has 0 spiro atoms. The molecule has 240 valence electrons. The molecule has 0 radical (unpaired) electrons. The Morgan fingerprint density at radius 1 is 0.373 bits per heavy atom. The van der Waals surface area contributed by atoms with Crippen LogP contribution in [0.1, 0.15) is 22.3 Å². The number of anilines is 3. The van der Waals surface area contributed by atoms with Crippen molar-refractivity contribution in [3.8, 4) is 22.3 Å². The van der Waals surface area contributed by atoms with Crippen molar-refractivity contribution >= 4 is 48.6 Å². The molecule has 9 aromatic rings. The van der Waals surface area contributed by atoms with Crippen LogP contribution in [0.15, 0.2) is 200 Å². The van der Waals surface area contributed by atoms with E-state index in [0.717, 1.165) is 17.1 Å². The minimum absolute atomic E-state index is 0.425. The van der Waals surface area contributed by atoms with Gasteiger partial charge >= 0.3 is 0 Å². The third kappa shape index (κ3) is 4.61. The van der Waals surface area contributed by atoms with E-state index in [1.807, 2.05) is 11.3 Å². The normalized spacial score (nSPS) is 12.9. The Hall–Kier alpha value is -6.22. The summed E-state index contributed by atoms with van der Waals surface area (Å²) < 4.78 is 2.61. The van der Waals surface area contributed by atoms with Gasteiger partial charge in [-0.3, -0.25) is 0 Å². The van der Waals surface area contributed by atoms with Crippen molar-refractivity contribution < 1.29 is 0 Å². The highest BCUT2D eigenvalue weighted by atomic mass is 32.1. The molecule has 1 heterocycles. The summed E-state index contributed by atoms with van der Waals surface area (Å²) in [4.78, 5) is 2.32. The van der Waals surface area contributed by atoms with Gasteiger partial charge in [0.1, 0.15) is 0 Å². The smallest absolute Gasteiger partial charge is 0.0713 e. The molecular weight excluding hydrogens is 635 g/mol. The molecule has 51 heavy (non-hydrogen) atoms. The largest absolute Gasteiger partial charge is 0.311 e. The van der Waals surface area contributed by atoms with Crippen LogP contribution in [0.2, 0.25) is 0 Å². The first-order chi connectivity index (χ1) is 25.3. The van der Waals surface area contributed by atoms with Gasteiger partial charge in [-0.25, -0.2) is 0 Å². The molecule has 0 unspecified atom stereocenters. The first kappa shape index (κ1) is 29.7. The maximum atomic E-state index is 2.49. The average molecular weight is 668 g/mol. The Bertz CT molecular complexity index is 2590. The van der Waals surface area contributed by atoms with Gasteiger partial charge in [0.2, 0.25) is 0 Å². The summed E-state index contributed by atoms with van der Waals surface area (Å²) in [6.07, 6.45) is 0. The molecule has 1 aliphatic rings. The lowest BCUT2D eigenvalue weighted by molar-refractivity contribution is 0.770. The van der Waals surface area contributed by atoms with Gasteiger partial charge in [0, 0.05) is 37.2 Å². The van der Waals surface area contributed by atoms with E-state index in [-0.39, 0.29) is 0 Å². The van der Waals surface area contributed by atoms with Crippen molar-refractivity contribution in [1.29, 1.82) is 0 Å². The zero-order chi connectivity index (χ0) is 33.8. The van der Waals surface area contributed by atoms with E-state index in [2.05, 4.69) is 205 Å². The average Bonchev–Trinajstić information content (AvgIpc) is 3.73. The summed E-state index contributed by atoms with van der Waals surface area (Å²) in [5.41, 5.74) is 13.3. The highest BCUT2D eigenvalue weighted by molar-refractivity contribution is 7.25. The van der Waals surface area contributed by atoms with Gasteiger partial charge in [0.05, 0.1) is 5.41 Å². The summed E-state index contributed by atoms with van der Waals surface area (Å²) >= 11 is 1.88. The number of hydrogen-bond acceptors (Lipinski definition) is 2. The molecule has 0 fully saturated rings. The number of nitrogens with zero attached hydrogens (tertiary/aromatic N) is 1. The number of thiophene rings is 1. The number of fused-ring (bicyclic) bond motifs is 6. The van der Waals surface area contributed by atoms with Crippen LogP contribution in [0.4, 0.5) is 17.1 Å². The van der Waals surface area contributed by atoms with Crippen LogP contribution in [-0.2, 0) is 5.41 Å². The molecule has 1 aliphatic carbocycles. The maximum absolute atomic E-state index is 2.49. The van der Waals surface area contributed by atoms with Crippen molar-refractivity contribution in [2.75, 3.05) is 4.90 Å². The number of rotatable bonds is 6. The molecule has 1 aromatic heterocycles. The standard InChI is InChI=1S/C49H33NS/c1-4-15-35(16-5-1)49(44-24-12-10-21-41(44)42-22-11-13-25-45(42)49)36-29-32-46-43(33-36)48-40(23-14-26-47(48)51-46)34-27-30-39(31-28-34)50(37-17-6-2-7-18-37)38-19-8-3-9-20-38/h1-33H. The highest BCUT2D eigenvalue weighted by Gasteiger charge is 2.45. The predicted molar refractivity (Wildman–Crippen MR) is 217 cm³/mol. The molecule has 2 heteroatoms. The van der Waals surface area contributed by atoms with Crippen LogP contribution in [0, 0.1) is 0 Å². The lowest BCUT2D eigenvalue weighted by atomic mass is 9.67. The van der Waals surface area contributed by atoms with Crippen LogP contribution in [0.3, 0.4) is 0 Å². The molecule has 0 saturated heterocycles. The summed E-state index contributed by atoms with van der Waals surface area (Å²) in [5.74, 6) is 0. The third-order valence-electron chi connectivity index (χ3n) is 10.6. The van der Waals surface area contributed by atoms with Crippen molar-refractivity contribution in [3.63, 3.8) is 0 Å². The second-order valence-electron chi connectivity index (χ2n) is 13.3. The predicted octanol–water partition coefficient (Wildman–Crippen LogP) is 13.6. The SMILES string of the molecule is c1ccc(N(c2ccccc2)c2ccc(-c3cccc4sc5ccc(C6(c7ccccc7)c7ccccc7-c7ccccc76)cc5c34)cc2)cc1. The van der Waals surface area contributed by atoms with Gasteiger partial charge in [0.25, 0.3) is 0 Å². The molecule has 0 saturated carbocycles. The Morgan fingerprint density at radius 2 is 0.902 bits per heavy atom. The van der Waals surface area contributed by atoms with E-state index < -0.39 is 5.41 Å².